The van der Waals surface area contributed by atoms with Crippen molar-refractivity contribution >= 4 is 18.0 Å². The lowest BCUT2D eigenvalue weighted by Gasteiger charge is -2.26. The fraction of sp³-hybridized carbons (Fsp3) is 0.474. The van der Waals surface area contributed by atoms with Gasteiger partial charge in [-0.25, -0.2) is 4.79 Å². The van der Waals surface area contributed by atoms with Crippen molar-refractivity contribution in [3.8, 4) is 17.2 Å². The fourth-order valence-corrected chi connectivity index (χ4v) is 2.76. The molecule has 1 fully saturated rings. The minimum atomic E-state index is -0.591. The average molecular weight is 363 g/mol. The number of hydrogen-bond acceptors (Lipinski definition) is 6. The van der Waals surface area contributed by atoms with Crippen LogP contribution in [0.15, 0.2) is 18.2 Å². The van der Waals surface area contributed by atoms with Crippen LogP contribution in [-0.2, 0) is 14.3 Å². The smallest absolute Gasteiger partial charge is 0.331 e. The van der Waals surface area contributed by atoms with E-state index in [2.05, 4.69) is 0 Å². The number of carbonyl (C=O) groups excluding carboxylic acids is 2. The maximum atomic E-state index is 12.0. The van der Waals surface area contributed by atoms with Crippen molar-refractivity contribution in [1.29, 1.82) is 0 Å². The second-order valence-corrected chi connectivity index (χ2v) is 5.83. The molecule has 0 aliphatic carbocycles. The number of likely N-dealkylation sites (tertiary alicyclic amines) is 1. The number of piperidine rings is 1. The lowest BCUT2D eigenvalue weighted by atomic mass is 10.1. The van der Waals surface area contributed by atoms with Crippen LogP contribution in [0.4, 0.5) is 0 Å². The molecule has 0 saturated carbocycles. The zero-order valence-electron chi connectivity index (χ0n) is 15.4. The van der Waals surface area contributed by atoms with Crippen molar-refractivity contribution < 1.29 is 28.5 Å². The van der Waals surface area contributed by atoms with Gasteiger partial charge in [-0.2, -0.15) is 0 Å². The number of benzene rings is 1. The highest BCUT2D eigenvalue weighted by Gasteiger charge is 2.17. The highest BCUT2D eigenvalue weighted by molar-refractivity contribution is 5.90. The van der Waals surface area contributed by atoms with Crippen molar-refractivity contribution in [2.45, 2.75) is 19.3 Å². The summed E-state index contributed by atoms with van der Waals surface area (Å²) in [5.74, 6) is 0.816. The molecule has 1 saturated heterocycles. The molecule has 1 aliphatic rings. The van der Waals surface area contributed by atoms with E-state index in [0.717, 1.165) is 32.4 Å². The fourth-order valence-electron chi connectivity index (χ4n) is 2.76. The molecule has 0 unspecified atom stereocenters. The Balaban J connectivity index is 1.97. The highest BCUT2D eigenvalue weighted by Crippen LogP contribution is 2.35. The monoisotopic (exact) mass is 363 g/mol. The molecule has 0 radical (unpaired) electrons. The predicted molar refractivity (Wildman–Crippen MR) is 96.5 cm³/mol. The Labute approximate surface area is 153 Å². The van der Waals surface area contributed by atoms with Crippen LogP contribution in [0.1, 0.15) is 24.8 Å². The molecular formula is C19H25NO6. The summed E-state index contributed by atoms with van der Waals surface area (Å²) in [4.78, 5) is 25.6. The summed E-state index contributed by atoms with van der Waals surface area (Å²) in [7, 11) is 4.58. The van der Waals surface area contributed by atoms with Crippen LogP contribution in [0.3, 0.4) is 0 Å². The molecule has 1 aliphatic heterocycles. The largest absolute Gasteiger partial charge is 0.496 e. The molecule has 0 aromatic heterocycles. The van der Waals surface area contributed by atoms with Crippen molar-refractivity contribution in [3.05, 3.63) is 23.8 Å². The molecule has 0 spiro atoms. The first-order chi connectivity index (χ1) is 12.6. The van der Waals surface area contributed by atoms with Crippen LogP contribution in [0.5, 0.6) is 17.2 Å². The second-order valence-electron chi connectivity index (χ2n) is 5.83. The highest BCUT2D eigenvalue weighted by atomic mass is 16.5. The number of esters is 1. The number of ether oxygens (including phenoxy) is 4. The first kappa shape index (κ1) is 19.6. The molecule has 0 bridgehead atoms. The molecule has 2 rings (SSSR count). The molecule has 1 amide bonds. The summed E-state index contributed by atoms with van der Waals surface area (Å²) in [6, 6.07) is 3.37. The Hall–Kier alpha value is -2.70. The van der Waals surface area contributed by atoms with Gasteiger partial charge in [0, 0.05) is 30.8 Å². The first-order valence-corrected chi connectivity index (χ1v) is 8.51. The molecule has 1 heterocycles. The Morgan fingerprint density at radius 1 is 0.962 bits per heavy atom. The molecule has 1 aromatic carbocycles. The summed E-state index contributed by atoms with van der Waals surface area (Å²) < 4.78 is 20.8. The minimum Gasteiger partial charge on any atom is -0.496 e. The van der Waals surface area contributed by atoms with Crippen LogP contribution < -0.4 is 14.2 Å². The third-order valence-corrected chi connectivity index (χ3v) is 4.18. The van der Waals surface area contributed by atoms with E-state index in [-0.39, 0.29) is 12.5 Å². The Bertz CT molecular complexity index is 664. The molecule has 142 valence electrons. The van der Waals surface area contributed by atoms with Crippen LogP contribution in [0, 0.1) is 0 Å². The Kier molecular flexibility index (Phi) is 7.32. The van der Waals surface area contributed by atoms with Gasteiger partial charge in [0.2, 0.25) is 0 Å². The molecule has 0 N–H and O–H groups in total. The minimum absolute atomic E-state index is 0.157. The number of carbonyl (C=O) groups is 2. The van der Waals surface area contributed by atoms with Gasteiger partial charge in [0.05, 0.1) is 21.3 Å². The van der Waals surface area contributed by atoms with Gasteiger partial charge in [-0.1, -0.05) is 0 Å². The Morgan fingerprint density at radius 2 is 1.58 bits per heavy atom. The summed E-state index contributed by atoms with van der Waals surface area (Å²) >= 11 is 0. The molecular weight excluding hydrogens is 338 g/mol. The molecule has 1 aromatic rings. The van der Waals surface area contributed by atoms with E-state index >= 15 is 0 Å². The van der Waals surface area contributed by atoms with E-state index in [4.69, 9.17) is 18.9 Å². The van der Waals surface area contributed by atoms with Gasteiger partial charge in [-0.15, -0.1) is 0 Å². The van der Waals surface area contributed by atoms with Crippen molar-refractivity contribution in [2.75, 3.05) is 41.0 Å². The molecule has 0 atom stereocenters. The quantitative estimate of drug-likeness (QED) is 0.547. The van der Waals surface area contributed by atoms with Crippen LogP contribution in [-0.4, -0.2) is 57.8 Å². The van der Waals surface area contributed by atoms with Gasteiger partial charge in [-0.3, -0.25) is 4.79 Å². The van der Waals surface area contributed by atoms with Gasteiger partial charge in [0.25, 0.3) is 5.91 Å². The van der Waals surface area contributed by atoms with E-state index in [1.165, 1.54) is 27.4 Å². The van der Waals surface area contributed by atoms with Gasteiger partial charge < -0.3 is 23.8 Å². The van der Waals surface area contributed by atoms with Crippen LogP contribution >= 0.6 is 0 Å². The topological polar surface area (TPSA) is 74.3 Å². The zero-order valence-corrected chi connectivity index (χ0v) is 15.4. The summed E-state index contributed by atoms with van der Waals surface area (Å²) in [6.45, 7) is 1.22. The normalized spacial score (nSPS) is 14.2. The van der Waals surface area contributed by atoms with Crippen LogP contribution in [0.2, 0.25) is 0 Å². The van der Waals surface area contributed by atoms with E-state index in [1.54, 1.807) is 23.1 Å². The van der Waals surface area contributed by atoms with E-state index in [0.29, 0.717) is 22.8 Å². The standard InChI is InChI=1S/C19H25NO6/c1-23-15-12-17(25-3)16(24-2)11-14(15)7-8-19(22)26-13-18(21)20-9-5-4-6-10-20/h7-8,11-12H,4-6,9-10,13H2,1-3H3/b8-7+. The van der Waals surface area contributed by atoms with Crippen molar-refractivity contribution in [3.63, 3.8) is 0 Å². The molecule has 7 nitrogen and oxygen atoms in total. The van der Waals surface area contributed by atoms with Crippen molar-refractivity contribution in [2.24, 2.45) is 0 Å². The summed E-state index contributed by atoms with van der Waals surface area (Å²) in [6.07, 6.45) is 5.94. The van der Waals surface area contributed by atoms with E-state index in [1.807, 2.05) is 0 Å². The second kappa shape index (κ2) is 9.70. The Morgan fingerprint density at radius 3 is 2.19 bits per heavy atom. The average Bonchev–Trinajstić information content (AvgIpc) is 2.70. The van der Waals surface area contributed by atoms with Crippen molar-refractivity contribution in [1.82, 2.24) is 4.90 Å². The SMILES string of the molecule is COc1cc(OC)c(OC)cc1/C=C/C(=O)OCC(=O)N1CCCCC1. The van der Waals surface area contributed by atoms with E-state index in [9.17, 15) is 9.59 Å². The molecule has 7 heteroatoms. The van der Waals surface area contributed by atoms with Gasteiger partial charge in [-0.05, 0) is 31.4 Å². The lowest BCUT2D eigenvalue weighted by molar-refractivity contribution is -0.148. The van der Waals surface area contributed by atoms with Gasteiger partial charge >= 0.3 is 5.97 Å². The first-order valence-electron chi connectivity index (χ1n) is 8.51. The maximum absolute atomic E-state index is 12.0. The van der Waals surface area contributed by atoms with Crippen LogP contribution in [0.25, 0.3) is 6.08 Å². The maximum Gasteiger partial charge on any atom is 0.331 e. The number of hydrogen-bond donors (Lipinski definition) is 0. The van der Waals surface area contributed by atoms with Gasteiger partial charge in [0.15, 0.2) is 18.1 Å². The number of nitrogens with zero attached hydrogens (tertiary/aromatic N) is 1. The molecule has 26 heavy (non-hydrogen) atoms. The predicted octanol–water partition coefficient (Wildman–Crippen LogP) is 2.28. The third kappa shape index (κ3) is 5.15. The van der Waals surface area contributed by atoms with Gasteiger partial charge in [0.1, 0.15) is 5.75 Å². The lowest BCUT2D eigenvalue weighted by Crippen LogP contribution is -2.38. The third-order valence-electron chi connectivity index (χ3n) is 4.18. The number of rotatable bonds is 7. The summed E-state index contributed by atoms with van der Waals surface area (Å²) in [5, 5.41) is 0. The number of methoxy groups -OCH3 is 3. The number of amides is 1. The summed E-state index contributed by atoms with van der Waals surface area (Å²) in [5.41, 5.74) is 0.629. The van der Waals surface area contributed by atoms with E-state index < -0.39 is 5.97 Å². The zero-order chi connectivity index (χ0) is 18.9.